The van der Waals surface area contributed by atoms with Gasteiger partial charge in [-0.05, 0) is 252 Å². The molecule has 141 heavy (non-hydrogen) atoms. The van der Waals surface area contributed by atoms with Crippen LogP contribution < -0.4 is 76.9 Å². The van der Waals surface area contributed by atoms with Gasteiger partial charge in [-0.2, -0.15) is 25.5 Å². The Labute approximate surface area is 811 Å². The molecule has 10 aromatic heterocycles. The van der Waals surface area contributed by atoms with Gasteiger partial charge in [0, 0.05) is 87.3 Å². The predicted octanol–water partition coefficient (Wildman–Crippen LogP) is 20.0. The van der Waals surface area contributed by atoms with E-state index in [1.807, 2.05) is 95.9 Å². The van der Waals surface area contributed by atoms with Crippen LogP contribution in [0.4, 0.5) is 51.0 Å². The van der Waals surface area contributed by atoms with Crippen LogP contribution in [0.2, 0.25) is 0 Å². The van der Waals surface area contributed by atoms with Gasteiger partial charge in [0.1, 0.15) is 117 Å². The predicted molar refractivity (Wildman–Crippen MR) is 533 cm³/mol. The van der Waals surface area contributed by atoms with E-state index in [-0.39, 0.29) is 120 Å². The van der Waals surface area contributed by atoms with Gasteiger partial charge in [0.15, 0.2) is 28.2 Å². The van der Waals surface area contributed by atoms with Crippen molar-refractivity contribution in [3.05, 3.63) is 301 Å². The van der Waals surface area contributed by atoms with Crippen molar-refractivity contribution in [2.24, 2.45) is 0 Å². The summed E-state index contributed by atoms with van der Waals surface area (Å²) in [4.78, 5) is 23.6. The van der Waals surface area contributed by atoms with Crippen LogP contribution in [-0.4, -0.2) is 134 Å². The van der Waals surface area contributed by atoms with Gasteiger partial charge in [-0.15, -0.1) is 0 Å². The molecule has 5 aliphatic carbocycles. The van der Waals surface area contributed by atoms with Crippen LogP contribution >= 0.6 is 0 Å². The Morgan fingerprint density at radius 1 is 0.248 bits per heavy atom. The SMILES string of the molecule is C=C1N[C@@H]2CCC[C@@H]2Oc2ccc(F)cc2[C@@H](C)Nc2ccn3ncc1c3n2.C=C1N[C@@H]2CCC[C@H]2Oc2ccc(F)cc2[C@@H](C)Nc2ccn3ncc1c3n2.C=C1N[C@H]2CCCC[C@@H]2Oc2ccc(F)cc2[C@@H](C)Nc2ccn3ncc1c3n2.C=C1N[C@H]2CCC[C@@H]2Oc2ccc(F)cc2[C@@H](C)Nc2ccn3ncc1c3n2.C=C1N[C@H]2CCC[C@H]2Oc2ccc(F)cc2[C@@H](C)Nc2ccn3ncc1c3n2. The number of nitrogens with one attached hydrogen (secondary N) is 10. The number of hydrogen-bond donors (Lipinski definition) is 10. The number of halogens is 5. The Balaban J connectivity index is 0.000000104. The van der Waals surface area contributed by atoms with Gasteiger partial charge < -0.3 is 76.9 Å². The fraction of sp³-hybridized carbons (Fsp3) is 0.340. The van der Waals surface area contributed by atoms with Gasteiger partial charge in [0.2, 0.25) is 0 Å². The molecular formula is C106H112F5N25O5. The Morgan fingerprint density at radius 3 is 0.638 bits per heavy atom. The molecule has 0 saturated heterocycles. The van der Waals surface area contributed by atoms with Crippen LogP contribution in [0.1, 0.15) is 223 Å². The molecule has 5 saturated carbocycles. The van der Waals surface area contributed by atoms with Crippen LogP contribution in [-0.2, 0) is 0 Å². The summed E-state index contributed by atoms with van der Waals surface area (Å²) >= 11 is 0. The highest BCUT2D eigenvalue weighted by Crippen LogP contribution is 2.43. The van der Waals surface area contributed by atoms with Gasteiger partial charge >= 0.3 is 0 Å². The van der Waals surface area contributed by atoms with Gasteiger partial charge in [-0.3, -0.25) is 0 Å². The summed E-state index contributed by atoms with van der Waals surface area (Å²) in [6, 6.07) is 32.6. The summed E-state index contributed by atoms with van der Waals surface area (Å²) in [6.07, 6.45) is 34.3. The van der Waals surface area contributed by atoms with Crippen LogP contribution in [0.5, 0.6) is 28.7 Å². The monoisotopic (exact) mass is 1910 g/mol. The molecule has 726 valence electrons. The zero-order valence-electron chi connectivity index (χ0n) is 79.0. The van der Waals surface area contributed by atoms with E-state index in [0.29, 0.717) is 57.8 Å². The van der Waals surface area contributed by atoms with E-state index in [1.165, 1.54) is 54.6 Å². The highest BCUT2D eigenvalue weighted by molar-refractivity contribution is 5.79. The third kappa shape index (κ3) is 19.4. The number of anilines is 5. The molecule has 15 atom stereocenters. The first-order chi connectivity index (χ1) is 68.4. The van der Waals surface area contributed by atoms with Crippen molar-refractivity contribution in [3.8, 4) is 28.7 Å². The molecule has 10 bridgehead atoms. The second-order valence-electron chi connectivity index (χ2n) is 37.9. The fourth-order valence-corrected chi connectivity index (χ4v) is 20.8. The Hall–Kier alpha value is -15.5. The van der Waals surface area contributed by atoms with Gasteiger partial charge in [0.05, 0.1) is 119 Å². The summed E-state index contributed by atoms with van der Waals surface area (Å²) in [5.74, 6) is 5.54. The Bertz CT molecular complexity index is 6620. The van der Waals surface area contributed by atoms with E-state index in [0.717, 1.165) is 215 Å². The van der Waals surface area contributed by atoms with Crippen LogP contribution in [0.3, 0.4) is 0 Å². The molecule has 0 amide bonds. The van der Waals surface area contributed by atoms with E-state index in [4.69, 9.17) is 48.6 Å². The number of benzene rings is 5. The summed E-state index contributed by atoms with van der Waals surface area (Å²) in [7, 11) is 0. The quantitative estimate of drug-likeness (QED) is 0.0631. The minimum atomic E-state index is -0.281. The second-order valence-corrected chi connectivity index (χ2v) is 37.9. The van der Waals surface area contributed by atoms with Crippen molar-refractivity contribution in [1.82, 2.24) is 99.6 Å². The molecule has 5 aliphatic heterocycles. The third-order valence-electron chi connectivity index (χ3n) is 28.2. The molecular weight excluding hydrogens is 1800 g/mol. The lowest BCUT2D eigenvalue weighted by Crippen LogP contribution is -2.44. The summed E-state index contributed by atoms with van der Waals surface area (Å²) in [5.41, 5.74) is 15.8. The number of aromatic nitrogens is 15. The fourth-order valence-electron chi connectivity index (χ4n) is 20.8. The molecule has 15 heterocycles. The van der Waals surface area contributed by atoms with E-state index in [1.54, 1.807) is 90.0 Å². The first-order valence-electron chi connectivity index (χ1n) is 48.6. The molecule has 5 fully saturated rings. The van der Waals surface area contributed by atoms with Gasteiger partial charge in [0.25, 0.3) is 0 Å². The number of nitrogens with zero attached hydrogens (tertiary/aromatic N) is 15. The molecule has 0 radical (unpaired) electrons. The molecule has 5 aromatic carbocycles. The summed E-state index contributed by atoms with van der Waals surface area (Å²) in [5, 5.41) is 56.4. The smallest absolute Gasteiger partial charge is 0.166 e. The maximum absolute atomic E-state index is 14.1. The number of ether oxygens (including phenoxy) is 5. The van der Waals surface area contributed by atoms with Crippen molar-refractivity contribution >= 4 is 85.8 Å². The standard InChI is InChI=1S/C22H24FN5O.4C21H22FN5O/c1-13-16-11-15(23)7-8-19(16)29-20-6-4-3-5-18(20)25-14(2)17-12-24-28-10-9-21(26-13)27-22(17)28;4*1-12-15-10-14(22)6-7-18(15)28-19-5-3-4-17(19)24-13(2)16-11-23-27-9-8-20(25-12)26-21(16)27/h7-13,18,20,25H,2-6H2,1H3,(H,26,27);4*6-12,17,19,24H,2-5H2,1H3,(H,25,26)/t13-,18+,20+;12-,17+,19+;12-,17+,19-;12-,17-,19+;12-,17-,19-/m11111/s1. The van der Waals surface area contributed by atoms with E-state index >= 15 is 0 Å². The highest BCUT2D eigenvalue weighted by Gasteiger charge is 2.39. The Morgan fingerprint density at radius 2 is 0.433 bits per heavy atom. The van der Waals surface area contributed by atoms with Gasteiger partial charge in [-0.1, -0.05) is 39.3 Å². The van der Waals surface area contributed by atoms with Gasteiger partial charge in [-0.25, -0.2) is 69.4 Å². The third-order valence-corrected chi connectivity index (χ3v) is 28.2. The van der Waals surface area contributed by atoms with Crippen molar-refractivity contribution < 1.29 is 45.6 Å². The summed E-state index contributed by atoms with van der Waals surface area (Å²) < 4.78 is 111. The average Bonchev–Trinajstić information content (AvgIpc) is 1.67. The maximum atomic E-state index is 14.1. The van der Waals surface area contributed by atoms with Crippen LogP contribution in [0, 0.1) is 29.1 Å². The topological polar surface area (TPSA) is 317 Å². The Kier molecular flexibility index (Phi) is 25.5. The van der Waals surface area contributed by atoms with E-state index in [2.05, 4.69) is 112 Å². The molecule has 30 nitrogen and oxygen atoms in total. The van der Waals surface area contributed by atoms with Crippen LogP contribution in [0.15, 0.2) is 216 Å². The minimum absolute atomic E-state index is 0.00366. The molecule has 25 rings (SSSR count). The zero-order valence-corrected chi connectivity index (χ0v) is 79.0. The van der Waals surface area contributed by atoms with Crippen LogP contribution in [0.25, 0.3) is 56.7 Å². The lowest BCUT2D eigenvalue weighted by atomic mass is 9.91. The average molecular weight is 1910 g/mol. The highest BCUT2D eigenvalue weighted by atomic mass is 19.1. The van der Waals surface area contributed by atoms with E-state index < -0.39 is 0 Å². The lowest BCUT2D eigenvalue weighted by Gasteiger charge is -2.34. The maximum Gasteiger partial charge on any atom is 0.166 e. The first-order valence-corrected chi connectivity index (χ1v) is 48.6. The van der Waals surface area contributed by atoms with Crippen molar-refractivity contribution in [3.63, 3.8) is 0 Å². The molecule has 35 heteroatoms. The molecule has 0 spiro atoms. The van der Waals surface area contributed by atoms with E-state index in [9.17, 15) is 22.0 Å². The molecule has 0 unspecified atom stereocenters. The lowest BCUT2D eigenvalue weighted by molar-refractivity contribution is 0.120. The summed E-state index contributed by atoms with van der Waals surface area (Å²) in [6.45, 7) is 31.0. The largest absolute Gasteiger partial charge is 0.488 e. The molecule has 10 aliphatic rings. The minimum Gasteiger partial charge on any atom is -0.488 e. The second kappa shape index (κ2) is 39.1. The number of hydrogen-bond acceptors (Lipinski definition) is 25. The van der Waals surface area contributed by atoms with Crippen molar-refractivity contribution in [2.45, 2.75) is 228 Å². The number of rotatable bonds is 0. The van der Waals surface area contributed by atoms with Crippen molar-refractivity contribution in [2.75, 3.05) is 26.6 Å². The van der Waals surface area contributed by atoms with Crippen molar-refractivity contribution in [1.29, 1.82) is 0 Å². The zero-order chi connectivity index (χ0) is 97.0. The molecule has 15 aromatic rings. The number of fused-ring (bicyclic) bond motifs is 15. The molecule has 10 N–H and O–H groups in total. The normalized spacial score (nSPS) is 24.2. The first kappa shape index (κ1) is 91.9.